The van der Waals surface area contributed by atoms with Crippen LogP contribution in [-0.4, -0.2) is 46.2 Å². The van der Waals surface area contributed by atoms with Crippen LogP contribution in [0.5, 0.6) is 0 Å². The van der Waals surface area contributed by atoms with Gasteiger partial charge in [-0.15, -0.1) is 0 Å². The molecule has 0 aromatic carbocycles. The van der Waals surface area contributed by atoms with Gasteiger partial charge in [-0.25, -0.2) is 15.0 Å². The van der Waals surface area contributed by atoms with Gasteiger partial charge in [0.25, 0.3) is 0 Å². The predicted octanol–water partition coefficient (Wildman–Crippen LogP) is 3.17. The minimum Gasteiger partial charge on any atom is -0.378 e. The number of ether oxygens (including phenoxy) is 1. The highest BCUT2D eigenvalue weighted by atomic mass is 16.5. The Morgan fingerprint density at radius 1 is 0.880 bits per heavy atom. The number of morpholine rings is 1. The van der Waals surface area contributed by atoms with Crippen LogP contribution in [0.2, 0.25) is 0 Å². The third-order valence-electron chi connectivity index (χ3n) is 5.65. The van der Waals surface area contributed by atoms with E-state index < -0.39 is 0 Å². The Morgan fingerprint density at radius 3 is 2.28 bits per heavy atom. The molecule has 4 rings (SSSR count). The summed E-state index contributed by atoms with van der Waals surface area (Å²) in [6.45, 7) is 9.51. The number of nitrogens with zero attached hydrogens (tertiary/aromatic N) is 5. The van der Waals surface area contributed by atoms with Gasteiger partial charge in [0.15, 0.2) is 5.65 Å². The van der Waals surface area contributed by atoms with Crippen molar-refractivity contribution >= 4 is 17.1 Å². The molecule has 2 aromatic rings. The largest absolute Gasteiger partial charge is 0.378 e. The molecule has 1 aliphatic heterocycles. The van der Waals surface area contributed by atoms with E-state index in [2.05, 4.69) is 11.8 Å². The summed E-state index contributed by atoms with van der Waals surface area (Å²) in [7, 11) is 0. The second kappa shape index (κ2) is 6.83. The van der Waals surface area contributed by atoms with Crippen molar-refractivity contribution in [2.75, 3.05) is 31.2 Å². The second-order valence-corrected chi connectivity index (χ2v) is 7.53. The van der Waals surface area contributed by atoms with E-state index in [9.17, 15) is 0 Å². The zero-order valence-corrected chi connectivity index (χ0v) is 15.5. The molecular weight excluding hydrogens is 314 g/mol. The molecule has 1 aliphatic carbocycles. The summed E-state index contributed by atoms with van der Waals surface area (Å²) in [6, 6.07) is 0. The Labute approximate surface area is 149 Å². The minimum atomic E-state index is 0.470. The SMILES string of the molecule is Cc1nc2nc(N3CCOCC3)nc(C3CCC(C)CC3)c2nc1C. The van der Waals surface area contributed by atoms with Gasteiger partial charge in [0.05, 0.1) is 30.3 Å². The first-order valence-corrected chi connectivity index (χ1v) is 9.47. The van der Waals surface area contributed by atoms with Crippen LogP contribution in [0, 0.1) is 19.8 Å². The number of anilines is 1. The maximum absolute atomic E-state index is 5.48. The molecule has 0 bridgehead atoms. The first-order chi connectivity index (χ1) is 12.1. The van der Waals surface area contributed by atoms with Crippen molar-refractivity contribution in [1.29, 1.82) is 0 Å². The van der Waals surface area contributed by atoms with Gasteiger partial charge in [0.1, 0.15) is 5.52 Å². The number of rotatable bonds is 2. The molecule has 1 saturated carbocycles. The fraction of sp³-hybridized carbons (Fsp3) is 0.684. The highest BCUT2D eigenvalue weighted by Crippen LogP contribution is 2.37. The number of hydrogen-bond acceptors (Lipinski definition) is 6. The van der Waals surface area contributed by atoms with E-state index in [4.69, 9.17) is 24.7 Å². The standard InChI is InChI=1S/C19H27N5O/c1-12-4-6-15(7-5-12)16-17-18(21-14(3)13(2)20-17)23-19(22-16)24-8-10-25-11-9-24/h12,15H,4-11H2,1-3H3. The first kappa shape index (κ1) is 16.6. The average Bonchev–Trinajstić information content (AvgIpc) is 2.63. The van der Waals surface area contributed by atoms with Crippen molar-refractivity contribution in [3.63, 3.8) is 0 Å². The number of aromatic nitrogens is 4. The quantitative estimate of drug-likeness (QED) is 0.836. The molecule has 0 radical (unpaired) electrons. The lowest BCUT2D eigenvalue weighted by Gasteiger charge is -2.29. The third kappa shape index (κ3) is 3.32. The average molecular weight is 341 g/mol. The summed E-state index contributed by atoms with van der Waals surface area (Å²) in [5.74, 6) is 2.08. The van der Waals surface area contributed by atoms with Crippen LogP contribution in [0.1, 0.15) is 55.6 Å². The number of hydrogen-bond donors (Lipinski definition) is 0. The molecule has 0 spiro atoms. The van der Waals surface area contributed by atoms with Crippen molar-refractivity contribution in [3.05, 3.63) is 17.1 Å². The molecule has 6 nitrogen and oxygen atoms in total. The van der Waals surface area contributed by atoms with E-state index in [1.165, 1.54) is 25.7 Å². The van der Waals surface area contributed by atoms with Gasteiger partial charge in [-0.1, -0.05) is 19.8 Å². The Balaban J connectivity index is 1.80. The Bertz CT molecular complexity index is 764. The zero-order chi connectivity index (χ0) is 17.4. The van der Waals surface area contributed by atoms with Crippen molar-refractivity contribution in [3.8, 4) is 0 Å². The summed E-state index contributed by atoms with van der Waals surface area (Å²) < 4.78 is 5.48. The van der Waals surface area contributed by atoms with Crippen molar-refractivity contribution < 1.29 is 4.74 Å². The van der Waals surface area contributed by atoms with Crippen LogP contribution >= 0.6 is 0 Å². The Morgan fingerprint density at radius 2 is 1.56 bits per heavy atom. The number of aryl methyl sites for hydroxylation is 2. The highest BCUT2D eigenvalue weighted by molar-refractivity contribution is 5.75. The van der Waals surface area contributed by atoms with E-state index in [1.807, 2.05) is 13.8 Å². The lowest BCUT2D eigenvalue weighted by atomic mass is 9.81. The van der Waals surface area contributed by atoms with E-state index in [-0.39, 0.29) is 0 Å². The molecular formula is C19H27N5O. The van der Waals surface area contributed by atoms with Crippen LogP contribution in [0.3, 0.4) is 0 Å². The van der Waals surface area contributed by atoms with Crippen LogP contribution in [-0.2, 0) is 4.74 Å². The van der Waals surface area contributed by atoms with Gasteiger partial charge in [0, 0.05) is 19.0 Å². The van der Waals surface area contributed by atoms with Crippen LogP contribution < -0.4 is 4.90 Å². The lowest BCUT2D eigenvalue weighted by Crippen LogP contribution is -2.37. The molecule has 2 fully saturated rings. The molecule has 0 atom stereocenters. The van der Waals surface area contributed by atoms with Crippen molar-refractivity contribution in [1.82, 2.24) is 19.9 Å². The van der Waals surface area contributed by atoms with Crippen molar-refractivity contribution in [2.45, 2.75) is 52.4 Å². The molecule has 25 heavy (non-hydrogen) atoms. The lowest BCUT2D eigenvalue weighted by molar-refractivity contribution is 0.122. The van der Waals surface area contributed by atoms with Gasteiger partial charge in [-0.3, -0.25) is 0 Å². The van der Waals surface area contributed by atoms with Crippen molar-refractivity contribution in [2.24, 2.45) is 5.92 Å². The first-order valence-electron chi connectivity index (χ1n) is 9.47. The van der Waals surface area contributed by atoms with Crippen LogP contribution in [0.15, 0.2) is 0 Å². The monoisotopic (exact) mass is 341 g/mol. The molecule has 6 heteroatoms. The predicted molar refractivity (Wildman–Crippen MR) is 98.0 cm³/mol. The minimum absolute atomic E-state index is 0.470. The molecule has 3 heterocycles. The topological polar surface area (TPSA) is 64.0 Å². The van der Waals surface area contributed by atoms with E-state index in [0.717, 1.165) is 66.4 Å². The summed E-state index contributed by atoms with van der Waals surface area (Å²) in [6.07, 6.45) is 4.90. The smallest absolute Gasteiger partial charge is 0.227 e. The molecule has 2 aliphatic rings. The highest BCUT2D eigenvalue weighted by Gasteiger charge is 2.26. The Hall–Kier alpha value is -1.82. The summed E-state index contributed by atoms with van der Waals surface area (Å²) in [4.78, 5) is 21.5. The zero-order valence-electron chi connectivity index (χ0n) is 15.5. The molecule has 0 unspecified atom stereocenters. The van der Waals surface area contributed by atoms with Gasteiger partial charge >= 0.3 is 0 Å². The van der Waals surface area contributed by atoms with Gasteiger partial charge in [-0.2, -0.15) is 4.98 Å². The molecule has 134 valence electrons. The second-order valence-electron chi connectivity index (χ2n) is 7.53. The van der Waals surface area contributed by atoms with Gasteiger partial charge in [0.2, 0.25) is 5.95 Å². The van der Waals surface area contributed by atoms with Crippen LogP contribution in [0.25, 0.3) is 11.2 Å². The van der Waals surface area contributed by atoms with E-state index >= 15 is 0 Å². The van der Waals surface area contributed by atoms with E-state index in [0.29, 0.717) is 5.92 Å². The van der Waals surface area contributed by atoms with E-state index in [1.54, 1.807) is 0 Å². The Kier molecular flexibility index (Phi) is 4.54. The fourth-order valence-electron chi connectivity index (χ4n) is 3.84. The maximum Gasteiger partial charge on any atom is 0.227 e. The summed E-state index contributed by atoms with van der Waals surface area (Å²) in [5.41, 5.74) is 4.67. The molecule has 0 amide bonds. The van der Waals surface area contributed by atoms with Crippen LogP contribution in [0.4, 0.5) is 5.95 Å². The maximum atomic E-state index is 5.48. The van der Waals surface area contributed by atoms with Gasteiger partial charge < -0.3 is 9.64 Å². The number of fused-ring (bicyclic) bond motifs is 1. The molecule has 0 N–H and O–H groups in total. The summed E-state index contributed by atoms with van der Waals surface area (Å²) >= 11 is 0. The molecule has 1 saturated heterocycles. The molecule has 2 aromatic heterocycles. The third-order valence-corrected chi connectivity index (χ3v) is 5.65. The summed E-state index contributed by atoms with van der Waals surface area (Å²) in [5, 5.41) is 0. The normalized spacial score (nSPS) is 24.7. The fourth-order valence-corrected chi connectivity index (χ4v) is 3.84. The van der Waals surface area contributed by atoms with Gasteiger partial charge in [-0.05, 0) is 32.6 Å².